The highest BCUT2D eigenvalue weighted by atomic mass is 35.5. The van der Waals surface area contributed by atoms with Crippen LogP contribution in [-0.2, 0) is 22.9 Å². The molecule has 1 heterocycles. The fourth-order valence-electron chi connectivity index (χ4n) is 3.76. The molecule has 1 amide bonds. The summed E-state index contributed by atoms with van der Waals surface area (Å²) in [5, 5.41) is 2.70. The van der Waals surface area contributed by atoms with Crippen molar-refractivity contribution in [1.29, 1.82) is 0 Å². The number of ether oxygens (including phenoxy) is 1. The number of sulfone groups is 1. The summed E-state index contributed by atoms with van der Waals surface area (Å²) in [6.45, 7) is 2.41. The Balaban J connectivity index is 1.87. The van der Waals surface area contributed by atoms with E-state index in [2.05, 4.69) is 10.1 Å². The van der Waals surface area contributed by atoms with Gasteiger partial charge >= 0.3 is 6.36 Å². The zero-order valence-electron chi connectivity index (χ0n) is 18.7. The van der Waals surface area contributed by atoms with Gasteiger partial charge in [-0.05, 0) is 42.3 Å². The number of alkyl halides is 3. The predicted octanol–water partition coefficient (Wildman–Crippen LogP) is 4.15. The maximum atomic E-state index is 13.1. The van der Waals surface area contributed by atoms with E-state index in [9.17, 15) is 26.4 Å². The number of carbonyl (C=O) groups is 1. The Morgan fingerprint density at radius 1 is 1.26 bits per heavy atom. The number of amides is 1. The zero-order valence-corrected chi connectivity index (χ0v) is 21.0. The van der Waals surface area contributed by atoms with Crippen molar-refractivity contribution in [3.63, 3.8) is 0 Å². The maximum Gasteiger partial charge on any atom is 0.573 e. The van der Waals surface area contributed by atoms with Gasteiger partial charge in [-0.25, -0.2) is 8.42 Å². The van der Waals surface area contributed by atoms with E-state index in [1.807, 2.05) is 4.90 Å². The first-order valence-corrected chi connectivity index (χ1v) is 13.1. The van der Waals surface area contributed by atoms with E-state index in [1.165, 1.54) is 31.2 Å². The fourth-order valence-corrected chi connectivity index (χ4v) is 5.35. The summed E-state index contributed by atoms with van der Waals surface area (Å²) in [6, 6.07) is 6.28. The second-order valence-electron chi connectivity index (χ2n) is 8.10. The molecular weight excluding hydrogens is 530 g/mol. The van der Waals surface area contributed by atoms with E-state index in [4.69, 9.17) is 28.9 Å². The number of carbonyl (C=O) groups excluding carboxylic acids is 1. The van der Waals surface area contributed by atoms with Crippen LogP contribution >= 0.6 is 23.2 Å². The van der Waals surface area contributed by atoms with Crippen molar-refractivity contribution in [2.45, 2.75) is 43.7 Å². The molecule has 0 spiro atoms. The minimum absolute atomic E-state index is 0.00277. The van der Waals surface area contributed by atoms with E-state index >= 15 is 0 Å². The van der Waals surface area contributed by atoms with Crippen molar-refractivity contribution in [3.05, 3.63) is 57.1 Å². The molecule has 2 aromatic rings. The standard InChI is InChI=1S/C22H24Cl2F3N3O4S/c1-2-35(32,33)20-4-3-15(23)7-14(20)10-29-21(31)13-8-18(24)17(12-30-6-5-16(28)11-30)19(9-13)34-22(25,26)27/h3-4,7-9,16H,2,5-6,10-12,28H2,1H3,(H,29,31)/t16-/m1/s1. The Labute approximate surface area is 211 Å². The Kier molecular flexibility index (Phi) is 8.59. The SMILES string of the molecule is CCS(=O)(=O)c1ccc(Cl)cc1CNC(=O)c1cc(Cl)c(CN2CC[C@@H](N)C2)c(OC(F)(F)F)c1. The van der Waals surface area contributed by atoms with Crippen molar-refractivity contribution in [2.24, 2.45) is 5.73 Å². The van der Waals surface area contributed by atoms with E-state index < -0.39 is 27.9 Å². The third-order valence-electron chi connectivity index (χ3n) is 5.51. The molecule has 13 heteroatoms. The molecule has 0 bridgehead atoms. The molecule has 0 saturated carbocycles. The van der Waals surface area contributed by atoms with E-state index in [-0.39, 0.29) is 56.5 Å². The minimum Gasteiger partial charge on any atom is -0.405 e. The molecule has 1 atom stereocenters. The molecule has 1 saturated heterocycles. The van der Waals surface area contributed by atoms with Crippen LogP contribution in [0.4, 0.5) is 13.2 Å². The zero-order chi connectivity index (χ0) is 26.0. The molecule has 0 unspecified atom stereocenters. The van der Waals surface area contributed by atoms with Crippen LogP contribution in [0.2, 0.25) is 10.0 Å². The van der Waals surface area contributed by atoms with Crippen molar-refractivity contribution in [1.82, 2.24) is 10.2 Å². The van der Waals surface area contributed by atoms with E-state index in [0.29, 0.717) is 19.5 Å². The lowest BCUT2D eigenvalue weighted by Gasteiger charge is -2.21. The molecular formula is C22H24Cl2F3N3O4S. The average Bonchev–Trinajstić information content (AvgIpc) is 3.17. The van der Waals surface area contributed by atoms with Crippen LogP contribution in [0.5, 0.6) is 5.75 Å². The highest BCUT2D eigenvalue weighted by Crippen LogP contribution is 2.34. The van der Waals surface area contributed by atoms with E-state index in [1.54, 1.807) is 0 Å². The molecule has 192 valence electrons. The molecule has 2 aromatic carbocycles. The van der Waals surface area contributed by atoms with Crippen LogP contribution in [0.3, 0.4) is 0 Å². The molecule has 35 heavy (non-hydrogen) atoms. The summed E-state index contributed by atoms with van der Waals surface area (Å²) in [7, 11) is -3.60. The van der Waals surface area contributed by atoms with Gasteiger partial charge in [0, 0.05) is 53.4 Å². The summed E-state index contributed by atoms with van der Waals surface area (Å²) in [5.74, 6) is -1.52. The third kappa shape index (κ3) is 7.23. The Hall–Kier alpha value is -2.05. The number of nitrogens with two attached hydrogens (primary N) is 1. The number of hydrogen-bond donors (Lipinski definition) is 2. The molecule has 0 aliphatic carbocycles. The molecule has 1 fully saturated rings. The van der Waals surface area contributed by atoms with Crippen molar-refractivity contribution >= 4 is 38.9 Å². The fraction of sp³-hybridized carbons (Fsp3) is 0.409. The van der Waals surface area contributed by atoms with Crippen LogP contribution in [0.15, 0.2) is 35.2 Å². The number of nitrogens with zero attached hydrogens (tertiary/aromatic N) is 1. The summed E-state index contributed by atoms with van der Waals surface area (Å²) < 4.78 is 68.2. The van der Waals surface area contributed by atoms with Gasteiger partial charge in [0.1, 0.15) is 5.75 Å². The number of benzene rings is 2. The molecule has 3 rings (SSSR count). The largest absolute Gasteiger partial charge is 0.573 e. The summed E-state index contributed by atoms with van der Waals surface area (Å²) >= 11 is 12.3. The van der Waals surface area contributed by atoms with Crippen LogP contribution in [0, 0.1) is 0 Å². The Morgan fingerprint density at radius 3 is 2.57 bits per heavy atom. The normalized spacial score (nSPS) is 16.9. The second kappa shape index (κ2) is 10.9. The van der Waals surface area contributed by atoms with Gasteiger partial charge in [-0.1, -0.05) is 30.1 Å². The van der Waals surface area contributed by atoms with Gasteiger partial charge in [-0.15, -0.1) is 13.2 Å². The van der Waals surface area contributed by atoms with Gasteiger partial charge in [0.2, 0.25) is 0 Å². The Morgan fingerprint density at radius 2 is 1.97 bits per heavy atom. The average molecular weight is 554 g/mol. The minimum atomic E-state index is -5.00. The quantitative estimate of drug-likeness (QED) is 0.509. The lowest BCUT2D eigenvalue weighted by molar-refractivity contribution is -0.275. The number of halogens is 5. The number of likely N-dealkylation sites (tertiary alicyclic amines) is 1. The molecule has 0 aromatic heterocycles. The summed E-state index contributed by atoms with van der Waals surface area (Å²) in [6.07, 6.45) is -4.30. The van der Waals surface area contributed by atoms with E-state index in [0.717, 1.165) is 6.07 Å². The summed E-state index contributed by atoms with van der Waals surface area (Å²) in [4.78, 5) is 14.6. The third-order valence-corrected chi connectivity index (χ3v) is 7.91. The highest BCUT2D eigenvalue weighted by molar-refractivity contribution is 7.91. The van der Waals surface area contributed by atoms with Crippen LogP contribution < -0.4 is 15.8 Å². The topological polar surface area (TPSA) is 102 Å². The maximum absolute atomic E-state index is 13.1. The first-order valence-electron chi connectivity index (χ1n) is 10.6. The molecule has 1 aliphatic heterocycles. The number of rotatable bonds is 8. The number of hydrogen-bond acceptors (Lipinski definition) is 6. The summed E-state index contributed by atoms with van der Waals surface area (Å²) in [5.41, 5.74) is 6.02. The van der Waals surface area contributed by atoms with Gasteiger partial charge in [-0.2, -0.15) is 0 Å². The predicted molar refractivity (Wildman–Crippen MR) is 126 cm³/mol. The monoisotopic (exact) mass is 553 g/mol. The lowest BCUT2D eigenvalue weighted by Crippen LogP contribution is -2.28. The molecule has 3 N–H and O–H groups in total. The highest BCUT2D eigenvalue weighted by Gasteiger charge is 2.34. The second-order valence-corrected chi connectivity index (χ2v) is 11.2. The van der Waals surface area contributed by atoms with Crippen molar-refractivity contribution in [3.8, 4) is 5.75 Å². The van der Waals surface area contributed by atoms with Gasteiger partial charge in [0.25, 0.3) is 5.91 Å². The molecule has 0 radical (unpaired) electrons. The first kappa shape index (κ1) is 27.5. The molecule has 7 nitrogen and oxygen atoms in total. The van der Waals surface area contributed by atoms with Crippen molar-refractivity contribution < 1.29 is 31.1 Å². The van der Waals surface area contributed by atoms with Crippen molar-refractivity contribution in [2.75, 3.05) is 18.8 Å². The molecule has 1 aliphatic rings. The lowest BCUT2D eigenvalue weighted by atomic mass is 10.1. The first-order chi connectivity index (χ1) is 16.3. The van der Waals surface area contributed by atoms with Crippen LogP contribution in [-0.4, -0.2) is 50.5 Å². The van der Waals surface area contributed by atoms with Crippen LogP contribution in [0.25, 0.3) is 0 Å². The Bertz CT molecular complexity index is 1210. The van der Waals surface area contributed by atoms with Gasteiger partial charge in [0.15, 0.2) is 9.84 Å². The van der Waals surface area contributed by atoms with Gasteiger partial charge in [0.05, 0.1) is 10.6 Å². The smallest absolute Gasteiger partial charge is 0.405 e. The van der Waals surface area contributed by atoms with Gasteiger partial charge in [-0.3, -0.25) is 9.69 Å². The van der Waals surface area contributed by atoms with Gasteiger partial charge < -0.3 is 15.8 Å². The number of nitrogens with one attached hydrogen (secondary N) is 1. The van der Waals surface area contributed by atoms with Crippen LogP contribution in [0.1, 0.15) is 34.8 Å².